The van der Waals surface area contributed by atoms with Crippen LogP contribution in [0.3, 0.4) is 0 Å². The number of carbonyl (C=O) groups excluding carboxylic acids is 1. The molecule has 0 aromatic heterocycles. The Labute approximate surface area is 145 Å². The molecule has 0 N–H and O–H groups in total. The van der Waals surface area contributed by atoms with Crippen molar-refractivity contribution in [2.75, 3.05) is 0 Å². The SMILES string of the molecule is CC(=O)Oc1ccc2c(c1)OC(c1ccccc1)(c1ccccc1)O2. The molecule has 0 fully saturated rings. The van der Waals surface area contributed by atoms with Gasteiger partial charge in [-0.2, -0.15) is 0 Å². The Balaban J connectivity index is 1.80. The standard InChI is InChI=1S/C21H16O4/c1-15(22)23-18-12-13-19-20(14-18)25-21(24-19,16-8-4-2-5-9-16)17-10-6-3-7-11-17/h2-14H,1H3. The lowest BCUT2D eigenvalue weighted by atomic mass is 9.97. The molecule has 0 amide bonds. The van der Waals surface area contributed by atoms with Gasteiger partial charge in [-0.1, -0.05) is 60.7 Å². The second-order valence-electron chi connectivity index (χ2n) is 5.75. The minimum Gasteiger partial charge on any atom is -0.440 e. The summed E-state index contributed by atoms with van der Waals surface area (Å²) in [5, 5.41) is 0. The molecular formula is C21H16O4. The van der Waals surface area contributed by atoms with Crippen LogP contribution < -0.4 is 14.2 Å². The summed E-state index contributed by atoms with van der Waals surface area (Å²) in [6.07, 6.45) is 0. The zero-order valence-electron chi connectivity index (χ0n) is 13.6. The molecular weight excluding hydrogens is 316 g/mol. The fourth-order valence-corrected chi connectivity index (χ4v) is 2.93. The average molecular weight is 332 g/mol. The number of esters is 1. The fraction of sp³-hybridized carbons (Fsp3) is 0.0952. The predicted octanol–water partition coefficient (Wildman–Crippen LogP) is 4.28. The number of fused-ring (bicyclic) bond motifs is 1. The third-order valence-corrected chi connectivity index (χ3v) is 3.99. The van der Waals surface area contributed by atoms with E-state index in [1.165, 1.54) is 6.92 Å². The van der Waals surface area contributed by atoms with Gasteiger partial charge < -0.3 is 14.2 Å². The van der Waals surface area contributed by atoms with Crippen LogP contribution in [0.5, 0.6) is 17.2 Å². The van der Waals surface area contributed by atoms with Crippen LogP contribution in [0.25, 0.3) is 0 Å². The van der Waals surface area contributed by atoms with Crippen molar-refractivity contribution in [2.24, 2.45) is 0 Å². The maximum Gasteiger partial charge on any atom is 0.308 e. The highest BCUT2D eigenvalue weighted by Crippen LogP contribution is 2.48. The lowest BCUT2D eigenvalue weighted by Crippen LogP contribution is -2.36. The predicted molar refractivity (Wildman–Crippen MR) is 92.7 cm³/mol. The third-order valence-electron chi connectivity index (χ3n) is 3.99. The molecule has 3 aromatic carbocycles. The molecule has 25 heavy (non-hydrogen) atoms. The van der Waals surface area contributed by atoms with E-state index in [1.807, 2.05) is 60.7 Å². The van der Waals surface area contributed by atoms with E-state index in [0.717, 1.165) is 11.1 Å². The summed E-state index contributed by atoms with van der Waals surface area (Å²) < 4.78 is 17.7. The minimum absolute atomic E-state index is 0.378. The van der Waals surface area contributed by atoms with Crippen LogP contribution in [-0.4, -0.2) is 5.97 Å². The lowest BCUT2D eigenvalue weighted by molar-refractivity contribution is -0.131. The first-order valence-electron chi connectivity index (χ1n) is 7.99. The second kappa shape index (κ2) is 5.98. The second-order valence-corrected chi connectivity index (χ2v) is 5.75. The van der Waals surface area contributed by atoms with Gasteiger partial charge in [-0.25, -0.2) is 0 Å². The van der Waals surface area contributed by atoms with Crippen molar-refractivity contribution in [3.8, 4) is 17.2 Å². The first kappa shape index (κ1) is 15.3. The Morgan fingerprint density at radius 2 is 1.36 bits per heavy atom. The molecule has 0 unspecified atom stereocenters. The van der Waals surface area contributed by atoms with Gasteiger partial charge >= 0.3 is 11.8 Å². The van der Waals surface area contributed by atoms with Crippen molar-refractivity contribution in [3.63, 3.8) is 0 Å². The zero-order chi connectivity index (χ0) is 17.3. The summed E-state index contributed by atoms with van der Waals surface area (Å²) in [7, 11) is 0. The van der Waals surface area contributed by atoms with Gasteiger partial charge in [0.1, 0.15) is 5.75 Å². The van der Waals surface area contributed by atoms with Crippen LogP contribution in [0.2, 0.25) is 0 Å². The monoisotopic (exact) mass is 332 g/mol. The lowest BCUT2D eigenvalue weighted by Gasteiger charge is -2.28. The van der Waals surface area contributed by atoms with Crippen molar-refractivity contribution in [1.82, 2.24) is 0 Å². The number of carbonyl (C=O) groups is 1. The molecule has 1 heterocycles. The van der Waals surface area contributed by atoms with Crippen molar-refractivity contribution in [3.05, 3.63) is 90.0 Å². The van der Waals surface area contributed by atoms with E-state index in [0.29, 0.717) is 17.2 Å². The number of hydrogen-bond donors (Lipinski definition) is 0. The van der Waals surface area contributed by atoms with E-state index in [9.17, 15) is 4.79 Å². The number of benzene rings is 3. The van der Waals surface area contributed by atoms with Crippen LogP contribution in [0.15, 0.2) is 78.9 Å². The topological polar surface area (TPSA) is 44.8 Å². The van der Waals surface area contributed by atoms with Gasteiger partial charge in [0.15, 0.2) is 11.5 Å². The van der Waals surface area contributed by atoms with Crippen LogP contribution in [0.4, 0.5) is 0 Å². The molecule has 4 rings (SSSR count). The summed E-state index contributed by atoms with van der Waals surface area (Å²) in [5.41, 5.74) is 1.76. The maximum atomic E-state index is 11.2. The van der Waals surface area contributed by atoms with E-state index < -0.39 is 5.79 Å². The molecule has 0 bridgehead atoms. The molecule has 0 spiro atoms. The van der Waals surface area contributed by atoms with Crippen molar-refractivity contribution in [1.29, 1.82) is 0 Å². The van der Waals surface area contributed by atoms with E-state index in [1.54, 1.807) is 18.2 Å². The van der Waals surface area contributed by atoms with Crippen LogP contribution in [0, 0.1) is 0 Å². The highest BCUT2D eigenvalue weighted by molar-refractivity contribution is 5.69. The minimum atomic E-state index is -1.07. The van der Waals surface area contributed by atoms with E-state index >= 15 is 0 Å². The largest absolute Gasteiger partial charge is 0.440 e. The van der Waals surface area contributed by atoms with Gasteiger partial charge in [-0.05, 0) is 12.1 Å². The Kier molecular flexibility index (Phi) is 3.65. The summed E-state index contributed by atoms with van der Waals surface area (Å²) in [6.45, 7) is 1.36. The molecule has 124 valence electrons. The van der Waals surface area contributed by atoms with Gasteiger partial charge in [0.05, 0.1) is 0 Å². The average Bonchev–Trinajstić information content (AvgIpc) is 3.03. The van der Waals surface area contributed by atoms with E-state index in [2.05, 4.69) is 0 Å². The van der Waals surface area contributed by atoms with Crippen LogP contribution in [-0.2, 0) is 10.6 Å². The van der Waals surface area contributed by atoms with Gasteiger partial charge in [0.25, 0.3) is 0 Å². The summed E-state index contributed by atoms with van der Waals surface area (Å²) in [5.74, 6) is 0.109. The quantitative estimate of drug-likeness (QED) is 0.530. The molecule has 0 saturated carbocycles. The van der Waals surface area contributed by atoms with Gasteiger partial charge in [0, 0.05) is 24.1 Å². The number of hydrogen-bond acceptors (Lipinski definition) is 4. The normalized spacial score (nSPS) is 14.1. The molecule has 0 atom stereocenters. The smallest absolute Gasteiger partial charge is 0.308 e. The van der Waals surface area contributed by atoms with Crippen LogP contribution in [0.1, 0.15) is 18.1 Å². The Bertz CT molecular complexity index is 864. The Hall–Kier alpha value is -3.27. The summed E-state index contributed by atoms with van der Waals surface area (Å²) in [6, 6.07) is 24.6. The molecule has 1 aliphatic rings. The van der Waals surface area contributed by atoms with Crippen molar-refractivity contribution < 1.29 is 19.0 Å². The van der Waals surface area contributed by atoms with Crippen molar-refractivity contribution >= 4 is 5.97 Å². The fourth-order valence-electron chi connectivity index (χ4n) is 2.93. The van der Waals surface area contributed by atoms with E-state index in [4.69, 9.17) is 14.2 Å². The zero-order valence-corrected chi connectivity index (χ0v) is 13.6. The third kappa shape index (κ3) is 2.72. The van der Waals surface area contributed by atoms with Gasteiger partial charge in [-0.3, -0.25) is 4.79 Å². The summed E-state index contributed by atoms with van der Waals surface area (Å²) >= 11 is 0. The maximum absolute atomic E-state index is 11.2. The summed E-state index contributed by atoms with van der Waals surface area (Å²) in [4.78, 5) is 11.2. The Morgan fingerprint density at radius 1 is 0.800 bits per heavy atom. The molecule has 4 heteroatoms. The molecule has 0 saturated heterocycles. The molecule has 1 aliphatic heterocycles. The molecule has 4 nitrogen and oxygen atoms in total. The van der Waals surface area contributed by atoms with Gasteiger partial charge in [-0.15, -0.1) is 0 Å². The van der Waals surface area contributed by atoms with E-state index in [-0.39, 0.29) is 5.97 Å². The molecule has 0 aliphatic carbocycles. The highest BCUT2D eigenvalue weighted by Gasteiger charge is 2.45. The van der Waals surface area contributed by atoms with Crippen molar-refractivity contribution in [2.45, 2.75) is 12.7 Å². The first-order chi connectivity index (χ1) is 12.2. The van der Waals surface area contributed by atoms with Gasteiger partial charge in [0.2, 0.25) is 0 Å². The first-order valence-corrected chi connectivity index (χ1v) is 7.99. The molecule has 0 radical (unpaired) electrons. The highest BCUT2D eigenvalue weighted by atomic mass is 16.7. The number of ether oxygens (including phenoxy) is 3. The Morgan fingerprint density at radius 3 is 1.92 bits per heavy atom. The number of rotatable bonds is 3. The molecule has 3 aromatic rings. The van der Waals surface area contributed by atoms with Crippen LogP contribution >= 0.6 is 0 Å².